The van der Waals surface area contributed by atoms with E-state index in [0.29, 0.717) is 19.7 Å². The molecular formula is C13H25N3O3S. The van der Waals surface area contributed by atoms with E-state index >= 15 is 0 Å². The number of ether oxygens (including phenoxy) is 1. The van der Waals surface area contributed by atoms with Crippen molar-refractivity contribution in [3.63, 3.8) is 0 Å². The number of nitrogens with zero attached hydrogens (tertiary/aromatic N) is 1. The lowest BCUT2D eigenvalue weighted by Gasteiger charge is -2.10. The van der Waals surface area contributed by atoms with Crippen molar-refractivity contribution in [1.29, 1.82) is 0 Å². The molecule has 0 bridgehead atoms. The lowest BCUT2D eigenvalue weighted by atomic mass is 10.3. The minimum Gasteiger partial charge on any atom is -0.385 e. The third-order valence-electron chi connectivity index (χ3n) is 3.05. The van der Waals surface area contributed by atoms with Crippen molar-refractivity contribution in [3.8, 4) is 0 Å². The quantitative estimate of drug-likeness (QED) is 0.672. The molecule has 0 aliphatic heterocycles. The predicted molar refractivity (Wildman–Crippen MR) is 79.0 cm³/mol. The Kier molecular flexibility index (Phi) is 6.67. The zero-order chi connectivity index (χ0) is 15.2. The van der Waals surface area contributed by atoms with E-state index in [1.807, 2.05) is 18.4 Å². The number of nitrogens with one attached hydrogen (secondary N) is 1. The summed E-state index contributed by atoms with van der Waals surface area (Å²) >= 11 is 0. The SMILES string of the molecule is COCCCCNS(=O)(=O)c1cc(CN)n(C(C)C)c1. The average molecular weight is 303 g/mol. The molecule has 0 fully saturated rings. The highest BCUT2D eigenvalue weighted by Crippen LogP contribution is 2.18. The first-order valence-corrected chi connectivity index (χ1v) is 8.30. The van der Waals surface area contributed by atoms with Crippen LogP contribution < -0.4 is 10.5 Å². The molecule has 3 N–H and O–H groups in total. The third kappa shape index (κ3) is 4.59. The molecule has 20 heavy (non-hydrogen) atoms. The number of methoxy groups -OCH3 is 1. The first-order valence-electron chi connectivity index (χ1n) is 6.81. The molecule has 0 aromatic carbocycles. The summed E-state index contributed by atoms with van der Waals surface area (Å²) in [5.41, 5.74) is 6.47. The molecule has 0 amide bonds. The highest BCUT2D eigenvalue weighted by molar-refractivity contribution is 7.89. The Morgan fingerprint density at radius 1 is 1.40 bits per heavy atom. The van der Waals surface area contributed by atoms with Gasteiger partial charge in [-0.15, -0.1) is 0 Å². The summed E-state index contributed by atoms with van der Waals surface area (Å²) in [5, 5.41) is 0. The van der Waals surface area contributed by atoms with Crippen LogP contribution in [0.5, 0.6) is 0 Å². The van der Waals surface area contributed by atoms with Gasteiger partial charge < -0.3 is 15.0 Å². The Bertz CT molecular complexity index is 509. The molecule has 6 nitrogen and oxygen atoms in total. The lowest BCUT2D eigenvalue weighted by molar-refractivity contribution is 0.193. The van der Waals surface area contributed by atoms with Crippen LogP contribution in [0.4, 0.5) is 0 Å². The van der Waals surface area contributed by atoms with Gasteiger partial charge >= 0.3 is 0 Å². The number of nitrogens with two attached hydrogens (primary N) is 1. The van der Waals surface area contributed by atoms with Crippen molar-refractivity contribution in [2.45, 2.75) is 44.2 Å². The highest BCUT2D eigenvalue weighted by atomic mass is 32.2. The van der Waals surface area contributed by atoms with E-state index in [1.165, 1.54) is 0 Å². The van der Waals surface area contributed by atoms with Gasteiger partial charge in [0.25, 0.3) is 0 Å². The van der Waals surface area contributed by atoms with Gasteiger partial charge in [-0.05, 0) is 32.8 Å². The molecule has 116 valence electrons. The molecule has 0 aliphatic carbocycles. The molecule has 0 radical (unpaired) electrons. The van der Waals surface area contributed by atoms with Crippen LogP contribution in [-0.4, -0.2) is 33.2 Å². The Hall–Kier alpha value is -0.890. The van der Waals surface area contributed by atoms with Crippen LogP contribution >= 0.6 is 0 Å². The Balaban J connectivity index is 2.72. The molecule has 0 atom stereocenters. The summed E-state index contributed by atoms with van der Waals surface area (Å²) in [4.78, 5) is 0.276. The van der Waals surface area contributed by atoms with Crippen LogP contribution in [0.2, 0.25) is 0 Å². The molecular weight excluding hydrogens is 278 g/mol. The largest absolute Gasteiger partial charge is 0.385 e. The maximum atomic E-state index is 12.2. The van der Waals surface area contributed by atoms with Crippen molar-refractivity contribution >= 4 is 10.0 Å². The monoisotopic (exact) mass is 303 g/mol. The van der Waals surface area contributed by atoms with Crippen molar-refractivity contribution in [1.82, 2.24) is 9.29 Å². The first kappa shape index (κ1) is 17.2. The van der Waals surface area contributed by atoms with E-state index in [9.17, 15) is 8.42 Å². The fraction of sp³-hybridized carbons (Fsp3) is 0.692. The van der Waals surface area contributed by atoms with Crippen LogP contribution in [0.15, 0.2) is 17.2 Å². The molecule has 1 heterocycles. The third-order valence-corrected chi connectivity index (χ3v) is 4.48. The predicted octanol–water partition coefficient (Wildman–Crippen LogP) is 1.23. The van der Waals surface area contributed by atoms with Crippen molar-refractivity contribution in [3.05, 3.63) is 18.0 Å². The minimum atomic E-state index is -3.46. The molecule has 0 saturated heterocycles. The first-order chi connectivity index (χ1) is 9.42. The number of unbranched alkanes of at least 4 members (excludes halogenated alkanes) is 1. The van der Waals surface area contributed by atoms with Gasteiger partial charge in [-0.1, -0.05) is 0 Å². The van der Waals surface area contributed by atoms with Crippen LogP contribution in [0.3, 0.4) is 0 Å². The second-order valence-corrected chi connectivity index (χ2v) is 6.74. The average Bonchev–Trinajstić information content (AvgIpc) is 2.83. The summed E-state index contributed by atoms with van der Waals surface area (Å²) in [6, 6.07) is 1.82. The molecule has 0 saturated carbocycles. The minimum absolute atomic E-state index is 0.180. The zero-order valence-corrected chi connectivity index (χ0v) is 13.2. The van der Waals surface area contributed by atoms with E-state index in [0.717, 1.165) is 18.5 Å². The molecule has 0 aliphatic rings. The van der Waals surface area contributed by atoms with E-state index in [-0.39, 0.29) is 10.9 Å². The van der Waals surface area contributed by atoms with Gasteiger partial charge in [0.05, 0.1) is 4.90 Å². The fourth-order valence-electron chi connectivity index (χ4n) is 1.95. The smallest absolute Gasteiger partial charge is 0.242 e. The number of hydrogen-bond donors (Lipinski definition) is 2. The topological polar surface area (TPSA) is 86.3 Å². The number of sulfonamides is 1. The summed E-state index contributed by atoms with van der Waals surface area (Å²) in [7, 11) is -1.83. The van der Waals surface area contributed by atoms with Crippen LogP contribution in [-0.2, 0) is 21.3 Å². The zero-order valence-electron chi connectivity index (χ0n) is 12.4. The summed E-state index contributed by atoms with van der Waals surface area (Å²) in [5.74, 6) is 0. The molecule has 1 aromatic heterocycles. The Labute approximate surface area is 121 Å². The van der Waals surface area contributed by atoms with Gasteiger partial charge in [0, 0.05) is 44.7 Å². The van der Waals surface area contributed by atoms with Crippen LogP contribution in [0, 0.1) is 0 Å². The van der Waals surface area contributed by atoms with Gasteiger partial charge in [0.2, 0.25) is 10.0 Å². The summed E-state index contributed by atoms with van der Waals surface area (Å²) < 4.78 is 33.8. The number of aromatic nitrogens is 1. The van der Waals surface area contributed by atoms with E-state index < -0.39 is 10.0 Å². The number of hydrogen-bond acceptors (Lipinski definition) is 4. The normalized spacial score (nSPS) is 12.2. The lowest BCUT2D eigenvalue weighted by Crippen LogP contribution is -2.24. The Morgan fingerprint density at radius 3 is 2.60 bits per heavy atom. The second-order valence-electron chi connectivity index (χ2n) is 4.97. The molecule has 1 aromatic rings. The van der Waals surface area contributed by atoms with Crippen LogP contribution in [0.1, 0.15) is 38.4 Å². The Morgan fingerprint density at radius 2 is 2.10 bits per heavy atom. The molecule has 1 rings (SSSR count). The summed E-state index contributed by atoms with van der Waals surface area (Å²) in [6.45, 7) is 5.36. The molecule has 7 heteroatoms. The van der Waals surface area contributed by atoms with Gasteiger partial charge in [-0.25, -0.2) is 13.1 Å². The molecule has 0 spiro atoms. The highest BCUT2D eigenvalue weighted by Gasteiger charge is 2.18. The second kappa shape index (κ2) is 7.78. The maximum Gasteiger partial charge on any atom is 0.242 e. The maximum absolute atomic E-state index is 12.2. The van der Waals surface area contributed by atoms with Crippen molar-refractivity contribution in [2.75, 3.05) is 20.3 Å². The van der Waals surface area contributed by atoms with Gasteiger partial charge in [0.15, 0.2) is 0 Å². The molecule has 0 unspecified atom stereocenters. The van der Waals surface area contributed by atoms with Gasteiger partial charge in [0.1, 0.15) is 0 Å². The van der Waals surface area contributed by atoms with E-state index in [4.69, 9.17) is 10.5 Å². The van der Waals surface area contributed by atoms with Crippen molar-refractivity contribution in [2.24, 2.45) is 5.73 Å². The van der Waals surface area contributed by atoms with E-state index in [1.54, 1.807) is 19.4 Å². The van der Waals surface area contributed by atoms with Gasteiger partial charge in [-0.3, -0.25) is 0 Å². The van der Waals surface area contributed by atoms with E-state index in [2.05, 4.69) is 4.72 Å². The fourth-order valence-corrected chi connectivity index (χ4v) is 3.07. The number of rotatable bonds is 9. The van der Waals surface area contributed by atoms with Crippen molar-refractivity contribution < 1.29 is 13.2 Å². The standard InChI is InChI=1S/C13H25N3O3S/c1-11(2)16-10-13(8-12(16)9-14)20(17,18)15-6-4-5-7-19-3/h8,10-11,15H,4-7,9,14H2,1-3H3. The van der Waals surface area contributed by atoms with Gasteiger partial charge in [-0.2, -0.15) is 0 Å². The summed E-state index contributed by atoms with van der Waals surface area (Å²) in [6.07, 6.45) is 3.23. The van der Waals surface area contributed by atoms with Crippen LogP contribution in [0.25, 0.3) is 0 Å².